The number of nitrogens with zero attached hydrogens (tertiary/aromatic N) is 2. The number of amides is 1. The third-order valence-corrected chi connectivity index (χ3v) is 5.29. The molecule has 0 aliphatic rings. The third-order valence-electron chi connectivity index (χ3n) is 4.30. The Hall–Kier alpha value is -2.64. The fourth-order valence-electron chi connectivity index (χ4n) is 2.83. The summed E-state index contributed by atoms with van der Waals surface area (Å²) >= 11 is 1.45. The molecule has 3 rings (SSSR count). The Morgan fingerprint density at radius 3 is 2.81 bits per heavy atom. The van der Waals surface area contributed by atoms with E-state index in [0.717, 1.165) is 16.2 Å². The summed E-state index contributed by atoms with van der Waals surface area (Å²) in [6, 6.07) is 11.5. The Balaban J connectivity index is 1.73. The summed E-state index contributed by atoms with van der Waals surface area (Å²) in [7, 11) is 5.62. The number of ether oxygens (including phenoxy) is 1. The summed E-state index contributed by atoms with van der Waals surface area (Å²) in [5, 5.41) is 3.72. The van der Waals surface area contributed by atoms with Crippen LogP contribution >= 0.6 is 11.3 Å². The molecule has 2 heterocycles. The Morgan fingerprint density at radius 1 is 1.33 bits per heavy atom. The number of aromatic nitrogens is 1. The number of aryl methyl sites for hydroxylation is 1. The third kappa shape index (κ3) is 4.37. The largest absolute Gasteiger partial charge is 0.497 e. The lowest BCUT2D eigenvalue weighted by Gasteiger charge is -2.25. The number of likely N-dealkylation sites (N-methyl/N-ethyl adjacent to an activating group) is 1. The average molecular weight is 385 g/mol. The Kier molecular flexibility index (Phi) is 5.93. The van der Waals surface area contributed by atoms with Crippen molar-refractivity contribution in [3.8, 4) is 16.5 Å². The maximum atomic E-state index is 12.7. The maximum absolute atomic E-state index is 12.7. The minimum Gasteiger partial charge on any atom is -0.497 e. The topological polar surface area (TPSA) is 67.6 Å². The summed E-state index contributed by atoms with van der Waals surface area (Å²) in [4.78, 5) is 20.1. The summed E-state index contributed by atoms with van der Waals surface area (Å²) in [5.74, 6) is 1.28. The molecule has 0 radical (unpaired) electrons. The lowest BCUT2D eigenvalue weighted by molar-refractivity contribution is 0.0937. The van der Waals surface area contributed by atoms with Crippen LogP contribution < -0.4 is 10.1 Å². The highest BCUT2D eigenvalue weighted by Crippen LogP contribution is 2.28. The molecule has 1 atom stereocenters. The van der Waals surface area contributed by atoms with Gasteiger partial charge in [-0.1, -0.05) is 12.1 Å². The van der Waals surface area contributed by atoms with Crippen LogP contribution in [0.5, 0.6) is 5.75 Å². The second-order valence-electron chi connectivity index (χ2n) is 6.37. The first kappa shape index (κ1) is 19.1. The number of furan rings is 1. The van der Waals surface area contributed by atoms with E-state index < -0.39 is 0 Å². The molecule has 0 bridgehead atoms. The smallest absolute Gasteiger partial charge is 0.271 e. The average Bonchev–Trinajstić information content (AvgIpc) is 3.31. The van der Waals surface area contributed by atoms with E-state index >= 15 is 0 Å². The van der Waals surface area contributed by atoms with Gasteiger partial charge < -0.3 is 19.4 Å². The van der Waals surface area contributed by atoms with Crippen LogP contribution in [-0.2, 0) is 0 Å². The van der Waals surface area contributed by atoms with Crippen LogP contribution in [0.3, 0.4) is 0 Å². The number of nitrogens with one attached hydrogen (secondary N) is 1. The number of rotatable bonds is 7. The molecule has 6 nitrogen and oxygen atoms in total. The molecule has 0 aliphatic heterocycles. The maximum Gasteiger partial charge on any atom is 0.271 e. The highest BCUT2D eigenvalue weighted by Gasteiger charge is 2.20. The summed E-state index contributed by atoms with van der Waals surface area (Å²) in [6.07, 6.45) is 1.60. The molecule has 0 saturated heterocycles. The number of methoxy groups -OCH3 is 1. The van der Waals surface area contributed by atoms with Gasteiger partial charge in [0.05, 0.1) is 19.4 Å². The summed E-state index contributed by atoms with van der Waals surface area (Å²) in [6.45, 7) is 2.36. The lowest BCUT2D eigenvalue weighted by atomic mass is 10.1. The molecule has 0 fully saturated rings. The van der Waals surface area contributed by atoms with E-state index in [0.29, 0.717) is 23.0 Å². The van der Waals surface area contributed by atoms with Crippen molar-refractivity contribution >= 4 is 17.2 Å². The van der Waals surface area contributed by atoms with E-state index in [9.17, 15) is 4.79 Å². The van der Waals surface area contributed by atoms with Crippen LogP contribution in [-0.4, -0.2) is 43.5 Å². The normalized spacial score (nSPS) is 12.2. The van der Waals surface area contributed by atoms with Crippen molar-refractivity contribution in [2.75, 3.05) is 27.7 Å². The first-order chi connectivity index (χ1) is 13.0. The Morgan fingerprint density at radius 2 is 2.15 bits per heavy atom. The van der Waals surface area contributed by atoms with Gasteiger partial charge >= 0.3 is 0 Å². The Labute approximate surface area is 162 Å². The number of hydrogen-bond donors (Lipinski definition) is 1. The zero-order valence-electron chi connectivity index (χ0n) is 15.9. The number of carbonyl (C=O) groups is 1. The molecule has 0 spiro atoms. The van der Waals surface area contributed by atoms with Gasteiger partial charge in [-0.3, -0.25) is 4.79 Å². The van der Waals surface area contributed by atoms with Crippen molar-refractivity contribution in [1.82, 2.24) is 15.2 Å². The highest BCUT2D eigenvalue weighted by molar-refractivity contribution is 7.15. The van der Waals surface area contributed by atoms with Gasteiger partial charge in [-0.2, -0.15) is 0 Å². The van der Waals surface area contributed by atoms with Crippen molar-refractivity contribution in [2.45, 2.75) is 13.0 Å². The van der Waals surface area contributed by atoms with Crippen LogP contribution in [0, 0.1) is 6.92 Å². The SMILES string of the molecule is COc1cccc([C@@H](CNC(=O)c2nc(-c3ccco3)sc2C)N(C)C)c1. The van der Waals surface area contributed by atoms with Gasteiger partial charge in [0.25, 0.3) is 5.91 Å². The van der Waals surface area contributed by atoms with E-state index in [1.165, 1.54) is 11.3 Å². The van der Waals surface area contributed by atoms with E-state index in [4.69, 9.17) is 9.15 Å². The van der Waals surface area contributed by atoms with E-state index in [-0.39, 0.29) is 11.9 Å². The molecule has 0 aliphatic carbocycles. The number of carbonyl (C=O) groups excluding carboxylic acids is 1. The standard InChI is InChI=1S/C20H23N3O3S/c1-13-18(22-20(27-13)17-9-6-10-26-17)19(24)21-12-16(23(2)3)14-7-5-8-15(11-14)25-4/h5-11,16H,12H2,1-4H3,(H,21,24)/t16-/m1/s1. The highest BCUT2D eigenvalue weighted by atomic mass is 32.1. The summed E-state index contributed by atoms with van der Waals surface area (Å²) in [5.41, 5.74) is 1.51. The van der Waals surface area contributed by atoms with Gasteiger partial charge in [-0.25, -0.2) is 4.98 Å². The van der Waals surface area contributed by atoms with Gasteiger partial charge in [0.2, 0.25) is 0 Å². The Bertz CT molecular complexity index is 903. The quantitative estimate of drug-likeness (QED) is 0.671. The zero-order chi connectivity index (χ0) is 19.4. The lowest BCUT2D eigenvalue weighted by Crippen LogP contribution is -2.35. The molecule has 27 heavy (non-hydrogen) atoms. The fourth-order valence-corrected chi connectivity index (χ4v) is 3.71. The van der Waals surface area contributed by atoms with Crippen LogP contribution in [0.2, 0.25) is 0 Å². The molecular formula is C20H23N3O3S. The molecular weight excluding hydrogens is 362 g/mol. The second-order valence-corrected chi connectivity index (χ2v) is 7.57. The second kappa shape index (κ2) is 8.37. The van der Waals surface area contributed by atoms with Crippen molar-refractivity contribution < 1.29 is 13.9 Å². The van der Waals surface area contributed by atoms with E-state index in [1.807, 2.05) is 57.4 Å². The predicted octanol–water partition coefficient (Wildman–Crippen LogP) is 3.75. The van der Waals surface area contributed by atoms with Crippen LogP contribution in [0.15, 0.2) is 47.1 Å². The minimum absolute atomic E-state index is 0.0209. The van der Waals surface area contributed by atoms with Crippen molar-refractivity contribution in [2.24, 2.45) is 0 Å². The van der Waals surface area contributed by atoms with Gasteiger partial charge in [0, 0.05) is 11.4 Å². The number of thiazole rings is 1. The first-order valence-corrected chi connectivity index (χ1v) is 9.41. The minimum atomic E-state index is -0.184. The molecule has 7 heteroatoms. The van der Waals surface area contributed by atoms with Gasteiger partial charge in [-0.15, -0.1) is 11.3 Å². The van der Waals surface area contributed by atoms with Crippen LogP contribution in [0.25, 0.3) is 10.8 Å². The van der Waals surface area contributed by atoms with Gasteiger partial charge in [0.15, 0.2) is 10.8 Å². The molecule has 3 aromatic rings. The van der Waals surface area contributed by atoms with Gasteiger partial charge in [0.1, 0.15) is 11.4 Å². The first-order valence-electron chi connectivity index (χ1n) is 8.59. The van der Waals surface area contributed by atoms with Crippen molar-refractivity contribution in [1.29, 1.82) is 0 Å². The van der Waals surface area contributed by atoms with Gasteiger partial charge in [-0.05, 0) is 50.8 Å². The van der Waals surface area contributed by atoms with Crippen molar-refractivity contribution in [3.05, 3.63) is 58.8 Å². The molecule has 2 aromatic heterocycles. The fraction of sp³-hybridized carbons (Fsp3) is 0.300. The molecule has 1 amide bonds. The van der Waals surface area contributed by atoms with Crippen LogP contribution in [0.1, 0.15) is 27.0 Å². The zero-order valence-corrected chi connectivity index (χ0v) is 16.7. The number of benzene rings is 1. The van der Waals surface area contributed by atoms with Crippen LogP contribution in [0.4, 0.5) is 0 Å². The molecule has 0 unspecified atom stereocenters. The molecule has 1 N–H and O–H groups in total. The summed E-state index contributed by atoms with van der Waals surface area (Å²) < 4.78 is 10.7. The molecule has 0 saturated carbocycles. The predicted molar refractivity (Wildman–Crippen MR) is 106 cm³/mol. The monoisotopic (exact) mass is 385 g/mol. The van der Waals surface area contributed by atoms with Crippen molar-refractivity contribution in [3.63, 3.8) is 0 Å². The van der Waals surface area contributed by atoms with E-state index in [2.05, 4.69) is 15.2 Å². The molecule has 142 valence electrons. The molecule has 1 aromatic carbocycles. The van der Waals surface area contributed by atoms with E-state index in [1.54, 1.807) is 13.4 Å². The number of hydrogen-bond acceptors (Lipinski definition) is 6.